The topological polar surface area (TPSA) is 9.23 Å². The van der Waals surface area contributed by atoms with Gasteiger partial charge >= 0.3 is 0 Å². The fourth-order valence-corrected chi connectivity index (χ4v) is 6.55. The van der Waals surface area contributed by atoms with E-state index in [4.69, 9.17) is 4.74 Å². The van der Waals surface area contributed by atoms with Crippen molar-refractivity contribution in [3.05, 3.63) is 0 Å². The van der Waals surface area contributed by atoms with E-state index in [9.17, 15) is 0 Å². The zero-order valence-electron chi connectivity index (χ0n) is 13.4. The maximum Gasteiger partial charge on any atom is 0.0609 e. The highest BCUT2D eigenvalue weighted by atomic mass is 16.5. The Kier molecular flexibility index (Phi) is 3.41. The zero-order valence-corrected chi connectivity index (χ0v) is 13.4. The predicted octanol–water partition coefficient (Wildman–Crippen LogP) is 5.19. The van der Waals surface area contributed by atoms with Gasteiger partial charge in [0, 0.05) is 0 Å². The quantitative estimate of drug-likeness (QED) is 0.689. The lowest BCUT2D eigenvalue weighted by Crippen LogP contribution is -2.46. The molecular formula is C19H32O. The van der Waals surface area contributed by atoms with Gasteiger partial charge in [0.25, 0.3) is 0 Å². The minimum Gasteiger partial charge on any atom is -0.374 e. The maximum absolute atomic E-state index is 6.71. The van der Waals surface area contributed by atoms with E-state index in [0.717, 1.165) is 23.7 Å². The van der Waals surface area contributed by atoms with E-state index in [2.05, 4.69) is 13.8 Å². The van der Waals surface area contributed by atoms with Crippen molar-refractivity contribution in [3.63, 3.8) is 0 Å². The smallest absolute Gasteiger partial charge is 0.0609 e. The van der Waals surface area contributed by atoms with Crippen LogP contribution in [0.25, 0.3) is 0 Å². The third-order valence-corrected chi connectivity index (χ3v) is 7.39. The SMILES string of the molecule is CC1CC2CCCC(C(C)OC3CC4CCC3C4)(C1)C2. The lowest BCUT2D eigenvalue weighted by molar-refractivity contribution is -0.129. The summed E-state index contributed by atoms with van der Waals surface area (Å²) in [6.07, 6.45) is 15.7. The van der Waals surface area contributed by atoms with Gasteiger partial charge in [-0.2, -0.15) is 0 Å². The molecule has 1 nitrogen and oxygen atoms in total. The third kappa shape index (κ3) is 2.25. The van der Waals surface area contributed by atoms with E-state index < -0.39 is 0 Å². The first-order valence-corrected chi connectivity index (χ1v) is 9.30. The highest BCUT2D eigenvalue weighted by molar-refractivity contribution is 4.98. The van der Waals surface area contributed by atoms with E-state index >= 15 is 0 Å². The summed E-state index contributed by atoms with van der Waals surface area (Å²) in [7, 11) is 0. The predicted molar refractivity (Wildman–Crippen MR) is 82.6 cm³/mol. The van der Waals surface area contributed by atoms with Gasteiger partial charge in [0.15, 0.2) is 0 Å². The van der Waals surface area contributed by atoms with E-state index in [0.29, 0.717) is 17.6 Å². The van der Waals surface area contributed by atoms with Gasteiger partial charge in [0.05, 0.1) is 12.2 Å². The second kappa shape index (κ2) is 5.00. The highest BCUT2D eigenvalue weighted by Gasteiger charge is 2.48. The maximum atomic E-state index is 6.71. The summed E-state index contributed by atoms with van der Waals surface area (Å²) in [6.45, 7) is 4.91. The zero-order chi connectivity index (χ0) is 13.7. The lowest BCUT2D eigenvalue weighted by atomic mass is 9.57. The molecule has 0 N–H and O–H groups in total. The molecule has 4 rings (SSSR count). The summed E-state index contributed by atoms with van der Waals surface area (Å²) < 4.78 is 6.71. The molecule has 0 spiro atoms. The molecule has 0 aromatic carbocycles. The number of fused-ring (bicyclic) bond motifs is 4. The van der Waals surface area contributed by atoms with Crippen LogP contribution in [-0.2, 0) is 4.74 Å². The van der Waals surface area contributed by atoms with Crippen LogP contribution >= 0.6 is 0 Å². The first kappa shape index (κ1) is 13.6. The van der Waals surface area contributed by atoms with Crippen LogP contribution in [0.1, 0.15) is 78.1 Å². The molecule has 20 heavy (non-hydrogen) atoms. The Morgan fingerprint density at radius 1 is 1.00 bits per heavy atom. The second-order valence-corrected chi connectivity index (χ2v) is 8.86. The van der Waals surface area contributed by atoms with Gasteiger partial charge in [-0.3, -0.25) is 0 Å². The number of rotatable bonds is 3. The summed E-state index contributed by atoms with van der Waals surface area (Å²) in [5, 5.41) is 0. The van der Waals surface area contributed by atoms with Crippen LogP contribution in [0.15, 0.2) is 0 Å². The van der Waals surface area contributed by atoms with Gasteiger partial charge in [-0.1, -0.05) is 19.8 Å². The van der Waals surface area contributed by atoms with Crippen LogP contribution < -0.4 is 0 Å². The van der Waals surface area contributed by atoms with Crippen LogP contribution in [0, 0.1) is 29.1 Å². The second-order valence-electron chi connectivity index (χ2n) is 8.86. The fourth-order valence-electron chi connectivity index (χ4n) is 6.55. The molecule has 114 valence electrons. The monoisotopic (exact) mass is 276 g/mol. The summed E-state index contributed by atoms with van der Waals surface area (Å²) in [6, 6.07) is 0. The van der Waals surface area contributed by atoms with Crippen molar-refractivity contribution < 1.29 is 4.74 Å². The first-order valence-electron chi connectivity index (χ1n) is 9.30. The van der Waals surface area contributed by atoms with Crippen molar-refractivity contribution in [1.82, 2.24) is 0 Å². The molecule has 0 aliphatic heterocycles. The van der Waals surface area contributed by atoms with Crippen molar-refractivity contribution in [2.45, 2.75) is 90.3 Å². The Labute approximate surface area is 124 Å². The van der Waals surface area contributed by atoms with Crippen LogP contribution in [0.4, 0.5) is 0 Å². The Bertz CT molecular complexity index is 361. The lowest BCUT2D eigenvalue weighted by Gasteiger charge is -2.51. The normalized spacial score (nSPS) is 52.2. The standard InChI is InChI=1S/C19H32O/c1-13-8-16-4-3-7-19(11-13,12-16)14(2)20-18-10-15-5-6-17(18)9-15/h13-18H,3-12H2,1-2H3. The highest BCUT2D eigenvalue weighted by Crippen LogP contribution is 2.55. The van der Waals surface area contributed by atoms with Gasteiger partial charge in [-0.25, -0.2) is 0 Å². The Morgan fingerprint density at radius 3 is 2.65 bits per heavy atom. The molecule has 0 aromatic heterocycles. The average molecular weight is 276 g/mol. The average Bonchev–Trinajstić information content (AvgIpc) is 3.00. The van der Waals surface area contributed by atoms with Crippen LogP contribution in [0.2, 0.25) is 0 Å². The molecule has 0 heterocycles. The molecule has 0 aromatic rings. The van der Waals surface area contributed by atoms with Crippen molar-refractivity contribution in [1.29, 1.82) is 0 Å². The molecule has 4 aliphatic rings. The van der Waals surface area contributed by atoms with Gasteiger partial charge < -0.3 is 4.74 Å². The molecule has 4 saturated carbocycles. The minimum atomic E-state index is 0.511. The van der Waals surface area contributed by atoms with E-state index in [-0.39, 0.29) is 0 Å². The van der Waals surface area contributed by atoms with Crippen LogP contribution in [0.3, 0.4) is 0 Å². The van der Waals surface area contributed by atoms with Gasteiger partial charge in [0.2, 0.25) is 0 Å². The van der Waals surface area contributed by atoms with Crippen molar-refractivity contribution in [3.8, 4) is 0 Å². The Balaban J connectivity index is 1.45. The van der Waals surface area contributed by atoms with E-state index in [1.165, 1.54) is 64.2 Å². The van der Waals surface area contributed by atoms with Crippen molar-refractivity contribution in [2.24, 2.45) is 29.1 Å². The van der Waals surface area contributed by atoms with Gasteiger partial charge in [0.1, 0.15) is 0 Å². The van der Waals surface area contributed by atoms with Crippen molar-refractivity contribution >= 4 is 0 Å². The number of hydrogen-bond donors (Lipinski definition) is 0. The number of hydrogen-bond acceptors (Lipinski definition) is 1. The molecule has 7 atom stereocenters. The van der Waals surface area contributed by atoms with Gasteiger partial charge in [-0.05, 0) is 87.4 Å². The fraction of sp³-hybridized carbons (Fsp3) is 1.00. The van der Waals surface area contributed by atoms with E-state index in [1.54, 1.807) is 0 Å². The third-order valence-electron chi connectivity index (χ3n) is 7.39. The molecule has 0 saturated heterocycles. The van der Waals surface area contributed by atoms with Gasteiger partial charge in [-0.15, -0.1) is 0 Å². The van der Waals surface area contributed by atoms with Crippen LogP contribution in [0.5, 0.6) is 0 Å². The molecule has 4 fully saturated rings. The summed E-state index contributed by atoms with van der Waals surface area (Å²) in [5.41, 5.74) is 0.544. The molecule has 0 radical (unpaired) electrons. The van der Waals surface area contributed by atoms with Crippen molar-refractivity contribution in [2.75, 3.05) is 0 Å². The Hall–Kier alpha value is -0.0400. The van der Waals surface area contributed by atoms with Crippen LogP contribution in [-0.4, -0.2) is 12.2 Å². The molecule has 0 amide bonds. The Morgan fingerprint density at radius 2 is 1.90 bits per heavy atom. The van der Waals surface area contributed by atoms with E-state index in [1.807, 2.05) is 0 Å². The molecule has 7 unspecified atom stereocenters. The largest absolute Gasteiger partial charge is 0.374 e. The molecule has 1 heteroatoms. The molecule has 4 bridgehead atoms. The summed E-state index contributed by atoms with van der Waals surface area (Å²) >= 11 is 0. The minimum absolute atomic E-state index is 0.511. The first-order chi connectivity index (χ1) is 9.64. The summed E-state index contributed by atoms with van der Waals surface area (Å²) in [5.74, 6) is 3.87. The summed E-state index contributed by atoms with van der Waals surface area (Å²) in [4.78, 5) is 0. The molecular weight excluding hydrogens is 244 g/mol. The molecule has 4 aliphatic carbocycles. The number of ether oxygens (including phenoxy) is 1.